The van der Waals surface area contributed by atoms with Gasteiger partial charge in [0, 0.05) is 11.8 Å². The summed E-state index contributed by atoms with van der Waals surface area (Å²) >= 11 is 0. The number of aromatic nitrogens is 5. The van der Waals surface area contributed by atoms with Crippen molar-refractivity contribution in [1.82, 2.24) is 30.0 Å². The molecule has 27 heavy (non-hydrogen) atoms. The number of para-hydroxylation sites is 2. The Morgan fingerprint density at radius 3 is 2.81 bits per heavy atom. The van der Waals surface area contributed by atoms with E-state index in [2.05, 4.69) is 25.4 Å². The molecule has 8 heteroatoms. The van der Waals surface area contributed by atoms with Crippen molar-refractivity contribution in [2.45, 2.75) is 18.9 Å². The van der Waals surface area contributed by atoms with Crippen molar-refractivity contribution in [3.63, 3.8) is 0 Å². The van der Waals surface area contributed by atoms with E-state index in [0.717, 1.165) is 37.0 Å². The molecule has 3 aromatic heterocycles. The Labute approximate surface area is 155 Å². The molecule has 3 N–H and O–H groups in total. The second kappa shape index (κ2) is 6.48. The number of nitrogens with zero attached hydrogens (tertiary/aromatic N) is 5. The van der Waals surface area contributed by atoms with E-state index in [9.17, 15) is 0 Å². The van der Waals surface area contributed by atoms with Crippen molar-refractivity contribution in [2.75, 3.05) is 18.8 Å². The van der Waals surface area contributed by atoms with Gasteiger partial charge in [0.15, 0.2) is 17.1 Å². The molecule has 0 unspecified atom stereocenters. The van der Waals surface area contributed by atoms with Gasteiger partial charge in [0.1, 0.15) is 5.52 Å². The van der Waals surface area contributed by atoms with Crippen molar-refractivity contribution in [3.05, 3.63) is 42.9 Å². The van der Waals surface area contributed by atoms with E-state index in [4.69, 9.17) is 10.2 Å². The summed E-state index contributed by atoms with van der Waals surface area (Å²) in [4.78, 5) is 13.4. The highest BCUT2D eigenvalue weighted by atomic mass is 16.3. The number of anilines is 1. The molecule has 4 aromatic rings. The predicted octanol–water partition coefficient (Wildman–Crippen LogP) is 2.66. The van der Waals surface area contributed by atoms with Gasteiger partial charge in [-0.05, 0) is 38.1 Å². The van der Waals surface area contributed by atoms with Crippen LogP contribution in [0.25, 0.3) is 33.9 Å². The fourth-order valence-corrected chi connectivity index (χ4v) is 3.41. The Morgan fingerprint density at radius 2 is 1.96 bits per heavy atom. The van der Waals surface area contributed by atoms with Gasteiger partial charge in [-0.3, -0.25) is 4.68 Å². The smallest absolute Gasteiger partial charge is 0.250 e. The second-order valence-electron chi connectivity index (χ2n) is 6.67. The summed E-state index contributed by atoms with van der Waals surface area (Å²) in [6.45, 7) is 2.03. The first-order valence-corrected chi connectivity index (χ1v) is 9.01. The number of nitrogen functional groups attached to an aromatic ring is 1. The Kier molecular flexibility index (Phi) is 3.83. The lowest BCUT2D eigenvalue weighted by molar-refractivity contribution is 0.343. The monoisotopic (exact) mass is 361 g/mol. The van der Waals surface area contributed by atoms with Gasteiger partial charge in [0.2, 0.25) is 5.89 Å². The summed E-state index contributed by atoms with van der Waals surface area (Å²) in [5, 5.41) is 7.90. The van der Waals surface area contributed by atoms with E-state index >= 15 is 0 Å². The molecule has 1 aromatic carbocycles. The molecule has 5 rings (SSSR count). The van der Waals surface area contributed by atoms with Crippen LogP contribution in [0.5, 0.6) is 0 Å². The van der Waals surface area contributed by atoms with Crippen molar-refractivity contribution in [2.24, 2.45) is 0 Å². The van der Waals surface area contributed by atoms with Gasteiger partial charge in [-0.1, -0.05) is 12.1 Å². The third-order valence-electron chi connectivity index (χ3n) is 4.88. The summed E-state index contributed by atoms with van der Waals surface area (Å²) in [6.07, 6.45) is 7.64. The standard InChI is InChI=1S/C19H19N7O/c20-18-17(19-25-14-3-1-2-4-16(14)27-19)24-15(10-22-18)12-9-23-26(11-12)13-5-7-21-8-6-13/h1-4,9-11,13,21H,5-8H2,(H2,20,22). The minimum Gasteiger partial charge on any atom is -0.435 e. The van der Waals surface area contributed by atoms with Gasteiger partial charge in [-0.2, -0.15) is 5.10 Å². The van der Waals surface area contributed by atoms with Crippen LogP contribution < -0.4 is 11.1 Å². The van der Waals surface area contributed by atoms with Crippen molar-refractivity contribution in [1.29, 1.82) is 0 Å². The average molecular weight is 361 g/mol. The molecule has 136 valence electrons. The number of hydrogen-bond donors (Lipinski definition) is 2. The third-order valence-corrected chi connectivity index (χ3v) is 4.88. The largest absolute Gasteiger partial charge is 0.435 e. The number of nitrogens with one attached hydrogen (secondary N) is 1. The van der Waals surface area contributed by atoms with Crippen LogP contribution in [0.3, 0.4) is 0 Å². The van der Waals surface area contributed by atoms with E-state index < -0.39 is 0 Å². The van der Waals surface area contributed by atoms with E-state index in [-0.39, 0.29) is 5.82 Å². The first-order valence-electron chi connectivity index (χ1n) is 9.01. The van der Waals surface area contributed by atoms with E-state index in [1.165, 1.54) is 0 Å². The van der Waals surface area contributed by atoms with E-state index in [0.29, 0.717) is 28.9 Å². The summed E-state index contributed by atoms with van der Waals surface area (Å²) < 4.78 is 7.83. The number of rotatable bonds is 3. The molecule has 1 saturated heterocycles. The lowest BCUT2D eigenvalue weighted by Crippen LogP contribution is -2.29. The summed E-state index contributed by atoms with van der Waals surface area (Å²) in [5.74, 6) is 0.657. The minimum absolute atomic E-state index is 0.288. The zero-order valence-corrected chi connectivity index (χ0v) is 14.7. The molecule has 0 saturated carbocycles. The number of piperidine rings is 1. The normalized spacial score (nSPS) is 15.4. The molecule has 0 atom stereocenters. The lowest BCUT2D eigenvalue weighted by Gasteiger charge is -2.22. The maximum Gasteiger partial charge on any atom is 0.250 e. The zero-order chi connectivity index (χ0) is 18.2. The molecule has 0 radical (unpaired) electrons. The fourth-order valence-electron chi connectivity index (χ4n) is 3.41. The highest BCUT2D eigenvalue weighted by Crippen LogP contribution is 2.29. The molecular formula is C19H19N7O. The van der Waals surface area contributed by atoms with Crippen LogP contribution in [0.4, 0.5) is 5.82 Å². The zero-order valence-electron chi connectivity index (χ0n) is 14.7. The summed E-state index contributed by atoms with van der Waals surface area (Å²) in [7, 11) is 0. The molecule has 1 aliphatic heterocycles. The number of benzene rings is 1. The molecular weight excluding hydrogens is 342 g/mol. The minimum atomic E-state index is 0.288. The SMILES string of the molecule is Nc1ncc(-c2cnn(C3CCNCC3)c2)nc1-c1nc2ccccc2o1. The van der Waals surface area contributed by atoms with Gasteiger partial charge < -0.3 is 15.5 Å². The van der Waals surface area contributed by atoms with Gasteiger partial charge in [-0.25, -0.2) is 15.0 Å². The lowest BCUT2D eigenvalue weighted by atomic mass is 10.1. The maximum absolute atomic E-state index is 6.04. The number of fused-ring (bicyclic) bond motifs is 1. The molecule has 8 nitrogen and oxygen atoms in total. The van der Waals surface area contributed by atoms with Gasteiger partial charge in [0.05, 0.1) is 24.1 Å². The van der Waals surface area contributed by atoms with Crippen molar-refractivity contribution >= 4 is 16.9 Å². The summed E-state index contributed by atoms with van der Waals surface area (Å²) in [6, 6.07) is 7.98. The molecule has 0 bridgehead atoms. The van der Waals surface area contributed by atoms with Gasteiger partial charge in [-0.15, -0.1) is 0 Å². The predicted molar refractivity (Wildman–Crippen MR) is 102 cm³/mol. The van der Waals surface area contributed by atoms with Gasteiger partial charge in [0.25, 0.3) is 0 Å². The van der Waals surface area contributed by atoms with Crippen LogP contribution in [0.2, 0.25) is 0 Å². The fraction of sp³-hybridized carbons (Fsp3) is 0.263. The average Bonchev–Trinajstić information content (AvgIpc) is 3.36. The topological polar surface area (TPSA) is 108 Å². The van der Waals surface area contributed by atoms with Crippen molar-refractivity contribution in [3.8, 4) is 22.8 Å². The Balaban J connectivity index is 1.51. The van der Waals surface area contributed by atoms with E-state index in [1.54, 1.807) is 6.20 Å². The van der Waals surface area contributed by atoms with Crippen LogP contribution in [0, 0.1) is 0 Å². The maximum atomic E-state index is 6.04. The van der Waals surface area contributed by atoms with Crippen molar-refractivity contribution < 1.29 is 4.42 Å². The van der Waals surface area contributed by atoms with Crippen LogP contribution >= 0.6 is 0 Å². The molecule has 1 aliphatic rings. The molecule has 0 spiro atoms. The van der Waals surface area contributed by atoms with Crippen LogP contribution in [0.15, 0.2) is 47.3 Å². The molecule has 0 amide bonds. The van der Waals surface area contributed by atoms with Gasteiger partial charge >= 0.3 is 0 Å². The highest BCUT2D eigenvalue weighted by Gasteiger charge is 2.18. The van der Waals surface area contributed by atoms with Crippen LogP contribution in [-0.4, -0.2) is 37.8 Å². The third kappa shape index (κ3) is 2.93. The second-order valence-corrected chi connectivity index (χ2v) is 6.67. The number of hydrogen-bond acceptors (Lipinski definition) is 7. The number of nitrogens with two attached hydrogens (primary N) is 1. The van der Waals surface area contributed by atoms with Crippen LogP contribution in [0.1, 0.15) is 18.9 Å². The van der Waals surface area contributed by atoms with Crippen LogP contribution in [-0.2, 0) is 0 Å². The first-order chi connectivity index (χ1) is 13.3. The Bertz CT molecular complexity index is 1060. The molecule has 4 heterocycles. The Hall–Kier alpha value is -3.26. The summed E-state index contributed by atoms with van der Waals surface area (Å²) in [5.41, 5.74) is 9.54. The molecule has 1 fully saturated rings. The quantitative estimate of drug-likeness (QED) is 0.577. The number of oxazole rings is 1. The van der Waals surface area contributed by atoms with E-state index in [1.807, 2.05) is 41.3 Å². The first kappa shape index (κ1) is 16.0. The highest BCUT2D eigenvalue weighted by molar-refractivity contribution is 5.77. The Morgan fingerprint density at radius 1 is 1.11 bits per heavy atom. The molecule has 0 aliphatic carbocycles.